The molecule has 0 heterocycles. The van der Waals surface area contributed by atoms with Gasteiger partial charge in [-0.25, -0.2) is 8.42 Å². The van der Waals surface area contributed by atoms with Crippen molar-refractivity contribution < 1.29 is 13.2 Å². The number of rotatable bonds is 4. The third kappa shape index (κ3) is 5.20. The molecule has 0 atom stereocenters. The summed E-state index contributed by atoms with van der Waals surface area (Å²) in [7, 11) is -3.37. The molecule has 7 heteroatoms. The molecule has 1 amide bonds. The van der Waals surface area contributed by atoms with E-state index in [0.717, 1.165) is 16.3 Å². The van der Waals surface area contributed by atoms with Gasteiger partial charge in [-0.1, -0.05) is 39.7 Å². The molecule has 4 nitrogen and oxygen atoms in total. The maximum absolute atomic E-state index is 12.0. The van der Waals surface area contributed by atoms with Gasteiger partial charge in [-0.3, -0.25) is 4.79 Å². The minimum atomic E-state index is -3.37. The Bertz CT molecular complexity index is 879. The molecule has 0 bridgehead atoms. The van der Waals surface area contributed by atoms with Crippen molar-refractivity contribution >= 4 is 55.0 Å². The Balaban J connectivity index is 2.17. The van der Waals surface area contributed by atoms with Crippen molar-refractivity contribution in [3.05, 3.63) is 63.6 Å². The van der Waals surface area contributed by atoms with Crippen LogP contribution >= 0.6 is 27.5 Å². The van der Waals surface area contributed by atoms with E-state index in [0.29, 0.717) is 0 Å². The molecule has 23 heavy (non-hydrogen) atoms. The number of hydrogen-bond donors (Lipinski definition) is 1. The van der Waals surface area contributed by atoms with Gasteiger partial charge < -0.3 is 5.32 Å². The molecule has 2 aromatic rings. The van der Waals surface area contributed by atoms with Crippen molar-refractivity contribution in [1.29, 1.82) is 0 Å². The molecule has 0 saturated carbocycles. The second kappa shape index (κ2) is 7.29. The number of amides is 1. The third-order valence-corrected chi connectivity index (χ3v) is 4.83. The molecule has 120 valence electrons. The fourth-order valence-corrected chi connectivity index (χ4v) is 3.02. The molecule has 0 saturated heterocycles. The summed E-state index contributed by atoms with van der Waals surface area (Å²) >= 11 is 9.34. The Morgan fingerprint density at radius 3 is 2.61 bits per heavy atom. The summed E-state index contributed by atoms with van der Waals surface area (Å²) in [6, 6.07) is 11.6. The number of benzene rings is 2. The van der Waals surface area contributed by atoms with E-state index in [1.807, 2.05) is 24.3 Å². The standard InChI is InChI=1S/C16H13BrClNO3S/c1-23(21,22)13-6-7-14(18)15(10-13)19-16(20)8-5-11-3-2-4-12(17)9-11/h2-10H,1H3,(H,19,20). The van der Waals surface area contributed by atoms with Crippen LogP contribution in [0.4, 0.5) is 5.69 Å². The van der Waals surface area contributed by atoms with Crippen LogP contribution in [0, 0.1) is 0 Å². The van der Waals surface area contributed by atoms with Crippen LogP contribution in [0.2, 0.25) is 5.02 Å². The first-order valence-corrected chi connectivity index (χ1v) is 9.56. The topological polar surface area (TPSA) is 63.2 Å². The number of hydrogen-bond acceptors (Lipinski definition) is 3. The fourth-order valence-electron chi connectivity index (χ4n) is 1.79. The first-order valence-electron chi connectivity index (χ1n) is 6.50. The van der Waals surface area contributed by atoms with E-state index in [1.165, 1.54) is 24.3 Å². The lowest BCUT2D eigenvalue weighted by molar-refractivity contribution is -0.111. The molecular formula is C16H13BrClNO3S. The van der Waals surface area contributed by atoms with Gasteiger partial charge in [0.1, 0.15) is 0 Å². The van der Waals surface area contributed by atoms with Crippen LogP contribution in [0.5, 0.6) is 0 Å². The Hall–Kier alpha value is -1.63. The van der Waals surface area contributed by atoms with Gasteiger partial charge in [-0.2, -0.15) is 0 Å². The van der Waals surface area contributed by atoms with E-state index in [1.54, 1.807) is 6.08 Å². The number of carbonyl (C=O) groups is 1. The van der Waals surface area contributed by atoms with Crippen molar-refractivity contribution in [3.8, 4) is 0 Å². The van der Waals surface area contributed by atoms with Gasteiger partial charge in [0.15, 0.2) is 9.84 Å². The summed E-state index contributed by atoms with van der Waals surface area (Å²) in [5, 5.41) is 2.84. The predicted octanol–water partition coefficient (Wildman–Crippen LogP) is 4.16. The Kier molecular flexibility index (Phi) is 5.62. The largest absolute Gasteiger partial charge is 0.321 e. The first-order chi connectivity index (χ1) is 10.8. The summed E-state index contributed by atoms with van der Waals surface area (Å²) < 4.78 is 24.0. The highest BCUT2D eigenvalue weighted by atomic mass is 79.9. The number of carbonyl (C=O) groups excluding carboxylic acids is 1. The van der Waals surface area contributed by atoms with Gasteiger partial charge in [0.2, 0.25) is 5.91 Å². The van der Waals surface area contributed by atoms with Crippen LogP contribution in [0.3, 0.4) is 0 Å². The van der Waals surface area contributed by atoms with E-state index in [4.69, 9.17) is 11.6 Å². The second-order valence-corrected chi connectivity index (χ2v) is 8.13. The van der Waals surface area contributed by atoms with Crippen LogP contribution in [-0.4, -0.2) is 20.6 Å². The third-order valence-electron chi connectivity index (χ3n) is 2.90. The quantitative estimate of drug-likeness (QED) is 0.764. The van der Waals surface area contributed by atoms with Gasteiger partial charge in [-0.15, -0.1) is 0 Å². The maximum Gasteiger partial charge on any atom is 0.248 e. The minimum Gasteiger partial charge on any atom is -0.321 e. The van der Waals surface area contributed by atoms with Crippen LogP contribution in [0.25, 0.3) is 6.08 Å². The van der Waals surface area contributed by atoms with E-state index >= 15 is 0 Å². The lowest BCUT2D eigenvalue weighted by atomic mass is 10.2. The zero-order chi connectivity index (χ0) is 17.0. The first kappa shape index (κ1) is 17.7. The molecule has 0 aliphatic rings. The van der Waals surface area contributed by atoms with Gasteiger partial charge in [0, 0.05) is 16.8 Å². The molecule has 2 aromatic carbocycles. The van der Waals surface area contributed by atoms with Gasteiger partial charge in [0.05, 0.1) is 15.6 Å². The Labute approximate surface area is 148 Å². The van der Waals surface area contributed by atoms with Crippen LogP contribution in [0.15, 0.2) is 57.9 Å². The Morgan fingerprint density at radius 1 is 1.22 bits per heavy atom. The van der Waals surface area contributed by atoms with E-state index in [9.17, 15) is 13.2 Å². The van der Waals surface area contributed by atoms with Crippen molar-refractivity contribution in [2.75, 3.05) is 11.6 Å². The lowest BCUT2D eigenvalue weighted by Crippen LogP contribution is -2.09. The number of sulfone groups is 1. The van der Waals surface area contributed by atoms with Crippen LogP contribution in [-0.2, 0) is 14.6 Å². The highest BCUT2D eigenvalue weighted by Crippen LogP contribution is 2.25. The molecule has 0 radical (unpaired) electrons. The molecule has 0 spiro atoms. The number of nitrogens with one attached hydrogen (secondary N) is 1. The highest BCUT2D eigenvalue weighted by Gasteiger charge is 2.11. The smallest absolute Gasteiger partial charge is 0.248 e. The fraction of sp³-hybridized carbons (Fsp3) is 0.0625. The number of anilines is 1. The summed E-state index contributed by atoms with van der Waals surface area (Å²) in [5.41, 5.74) is 1.10. The van der Waals surface area contributed by atoms with E-state index < -0.39 is 15.7 Å². The van der Waals surface area contributed by atoms with Gasteiger partial charge in [-0.05, 0) is 42.0 Å². The summed E-state index contributed by atoms with van der Waals surface area (Å²) in [6.07, 6.45) is 4.09. The van der Waals surface area contributed by atoms with Gasteiger partial charge >= 0.3 is 0 Å². The summed E-state index contributed by atoms with van der Waals surface area (Å²) in [6.45, 7) is 0. The second-order valence-electron chi connectivity index (χ2n) is 4.79. The lowest BCUT2D eigenvalue weighted by Gasteiger charge is -2.07. The summed E-state index contributed by atoms with van der Waals surface area (Å²) in [4.78, 5) is 12.1. The molecule has 0 unspecified atom stereocenters. The summed E-state index contributed by atoms with van der Waals surface area (Å²) in [5.74, 6) is -0.405. The molecule has 1 N–H and O–H groups in total. The Morgan fingerprint density at radius 2 is 1.96 bits per heavy atom. The molecule has 0 fully saturated rings. The molecule has 0 aliphatic carbocycles. The van der Waals surface area contributed by atoms with Crippen LogP contribution < -0.4 is 5.32 Å². The molecule has 2 rings (SSSR count). The SMILES string of the molecule is CS(=O)(=O)c1ccc(Cl)c(NC(=O)C=Cc2cccc(Br)c2)c1. The van der Waals surface area contributed by atoms with Crippen molar-refractivity contribution in [3.63, 3.8) is 0 Å². The normalized spacial score (nSPS) is 11.6. The highest BCUT2D eigenvalue weighted by molar-refractivity contribution is 9.10. The molecule has 0 aromatic heterocycles. The average molecular weight is 415 g/mol. The van der Waals surface area contributed by atoms with Crippen LogP contribution in [0.1, 0.15) is 5.56 Å². The number of halogens is 2. The van der Waals surface area contributed by atoms with E-state index in [-0.39, 0.29) is 15.6 Å². The van der Waals surface area contributed by atoms with E-state index in [2.05, 4.69) is 21.2 Å². The zero-order valence-electron chi connectivity index (χ0n) is 12.1. The monoisotopic (exact) mass is 413 g/mol. The minimum absolute atomic E-state index is 0.0909. The van der Waals surface area contributed by atoms with Gasteiger partial charge in [0.25, 0.3) is 0 Å². The van der Waals surface area contributed by atoms with Crippen molar-refractivity contribution in [1.82, 2.24) is 0 Å². The van der Waals surface area contributed by atoms with Crippen molar-refractivity contribution in [2.45, 2.75) is 4.90 Å². The van der Waals surface area contributed by atoms with Crippen molar-refractivity contribution in [2.24, 2.45) is 0 Å². The zero-order valence-corrected chi connectivity index (χ0v) is 15.2. The maximum atomic E-state index is 12.0. The molecule has 0 aliphatic heterocycles. The average Bonchev–Trinajstić information content (AvgIpc) is 2.46. The molecular weight excluding hydrogens is 402 g/mol. The predicted molar refractivity (Wildman–Crippen MR) is 96.4 cm³/mol.